The molecule has 1 fully saturated rings. The predicted octanol–water partition coefficient (Wildman–Crippen LogP) is 4.72. The van der Waals surface area contributed by atoms with Crippen LogP contribution in [0.2, 0.25) is 0 Å². The molecule has 7 nitrogen and oxygen atoms in total. The third-order valence-electron chi connectivity index (χ3n) is 7.89. The van der Waals surface area contributed by atoms with E-state index < -0.39 is 11.9 Å². The molecule has 0 radical (unpaired) electrons. The van der Waals surface area contributed by atoms with Crippen LogP contribution >= 0.6 is 0 Å². The lowest BCUT2D eigenvalue weighted by molar-refractivity contribution is -0.121. The molecule has 0 saturated heterocycles. The fourth-order valence-corrected chi connectivity index (χ4v) is 5.59. The van der Waals surface area contributed by atoms with E-state index in [1.807, 2.05) is 42.5 Å². The molecule has 1 aliphatic carbocycles. The highest BCUT2D eigenvalue weighted by molar-refractivity contribution is 5.84. The molecule has 1 atom stereocenters. The number of hydrogen-bond acceptors (Lipinski definition) is 5. The number of nitrogens with two attached hydrogens (primary N) is 1. The molecular formula is C32H34N4O3. The van der Waals surface area contributed by atoms with Crippen LogP contribution in [0.1, 0.15) is 42.9 Å². The zero-order chi connectivity index (χ0) is 26.8. The Hall–Kier alpha value is -3.97. The standard InChI is InChI=1S/C32H34N4O3/c33-30(37)29(19-22-11-12-22)36-31(24-8-2-1-3-9-24)34-28-14-13-26(20-27(28)32(36)38)39-18-6-16-35-17-15-23-7-4-5-10-25(23)21-35/h1-5,7-10,13-14,20,22,29H,6,11-12,15-19,21H2,(H2,33,37). The lowest BCUT2D eigenvalue weighted by atomic mass is 10.00. The molecule has 1 aliphatic heterocycles. The van der Waals surface area contributed by atoms with Crippen molar-refractivity contribution in [2.45, 2.75) is 44.7 Å². The molecule has 2 aliphatic rings. The molecule has 1 saturated carbocycles. The largest absolute Gasteiger partial charge is 0.494 e. The first-order chi connectivity index (χ1) is 19.1. The van der Waals surface area contributed by atoms with Crippen molar-refractivity contribution in [2.24, 2.45) is 11.7 Å². The number of hydrogen-bond donors (Lipinski definition) is 1. The fourth-order valence-electron chi connectivity index (χ4n) is 5.59. The second-order valence-electron chi connectivity index (χ2n) is 10.7. The average Bonchev–Trinajstić information content (AvgIpc) is 3.79. The van der Waals surface area contributed by atoms with Crippen molar-refractivity contribution in [3.63, 3.8) is 0 Å². The van der Waals surface area contributed by atoms with Crippen LogP contribution in [0.3, 0.4) is 0 Å². The second-order valence-corrected chi connectivity index (χ2v) is 10.7. The predicted molar refractivity (Wildman–Crippen MR) is 153 cm³/mol. The number of primary amides is 1. The van der Waals surface area contributed by atoms with Crippen LogP contribution in [0.5, 0.6) is 5.75 Å². The van der Waals surface area contributed by atoms with Gasteiger partial charge in [0.05, 0.1) is 17.5 Å². The molecule has 200 valence electrons. The molecule has 3 aromatic carbocycles. The van der Waals surface area contributed by atoms with Crippen LogP contribution in [-0.4, -0.2) is 40.1 Å². The normalized spacial score (nSPS) is 16.1. The highest BCUT2D eigenvalue weighted by atomic mass is 16.5. The molecule has 1 unspecified atom stereocenters. The maximum atomic E-state index is 13.9. The maximum absolute atomic E-state index is 13.9. The van der Waals surface area contributed by atoms with Crippen molar-refractivity contribution in [3.8, 4) is 17.1 Å². The third-order valence-corrected chi connectivity index (χ3v) is 7.89. The Balaban J connectivity index is 1.22. The SMILES string of the molecule is NC(=O)C(CC1CC1)n1c(-c2ccccc2)nc2ccc(OCCCN3CCc4ccccc4C3)cc2c1=O. The Morgan fingerprint density at radius 1 is 1.03 bits per heavy atom. The molecule has 2 N–H and O–H groups in total. The van der Waals surface area contributed by atoms with E-state index in [0.29, 0.717) is 41.4 Å². The van der Waals surface area contributed by atoms with Crippen molar-refractivity contribution < 1.29 is 9.53 Å². The number of nitrogens with zero attached hydrogens (tertiary/aromatic N) is 3. The van der Waals surface area contributed by atoms with Gasteiger partial charge in [0.1, 0.15) is 17.6 Å². The molecule has 0 spiro atoms. The number of amides is 1. The van der Waals surface area contributed by atoms with Crippen molar-refractivity contribution in [2.75, 3.05) is 19.7 Å². The van der Waals surface area contributed by atoms with Gasteiger partial charge in [0.25, 0.3) is 5.56 Å². The van der Waals surface area contributed by atoms with Crippen LogP contribution < -0.4 is 16.0 Å². The van der Waals surface area contributed by atoms with E-state index in [4.69, 9.17) is 15.5 Å². The minimum absolute atomic E-state index is 0.263. The zero-order valence-electron chi connectivity index (χ0n) is 22.1. The topological polar surface area (TPSA) is 90.4 Å². The van der Waals surface area contributed by atoms with Gasteiger partial charge in [-0.05, 0) is 54.5 Å². The summed E-state index contributed by atoms with van der Waals surface area (Å²) >= 11 is 0. The van der Waals surface area contributed by atoms with E-state index in [1.165, 1.54) is 15.7 Å². The van der Waals surface area contributed by atoms with Crippen molar-refractivity contribution in [1.29, 1.82) is 0 Å². The second kappa shape index (κ2) is 11.0. The van der Waals surface area contributed by atoms with Crippen molar-refractivity contribution in [3.05, 3.63) is 94.3 Å². The molecule has 1 aromatic heterocycles. The Kier molecular flexibility index (Phi) is 7.16. The summed E-state index contributed by atoms with van der Waals surface area (Å²) in [6.07, 6.45) is 4.64. The average molecular weight is 523 g/mol. The summed E-state index contributed by atoms with van der Waals surface area (Å²) in [7, 11) is 0. The van der Waals surface area contributed by atoms with E-state index in [-0.39, 0.29) is 5.56 Å². The Morgan fingerprint density at radius 2 is 1.79 bits per heavy atom. The number of rotatable bonds is 10. The molecule has 4 aromatic rings. The van der Waals surface area contributed by atoms with E-state index in [2.05, 4.69) is 29.2 Å². The summed E-state index contributed by atoms with van der Waals surface area (Å²) in [6.45, 7) is 3.55. The fraction of sp³-hybridized carbons (Fsp3) is 0.344. The van der Waals surface area contributed by atoms with Gasteiger partial charge in [0, 0.05) is 25.2 Å². The molecule has 2 heterocycles. The number of carbonyl (C=O) groups excluding carboxylic acids is 1. The van der Waals surface area contributed by atoms with Crippen LogP contribution in [0.4, 0.5) is 0 Å². The quantitative estimate of drug-likeness (QED) is 0.305. The van der Waals surface area contributed by atoms with Gasteiger partial charge in [-0.2, -0.15) is 0 Å². The van der Waals surface area contributed by atoms with Crippen LogP contribution in [0.25, 0.3) is 22.3 Å². The third kappa shape index (κ3) is 5.59. The van der Waals surface area contributed by atoms with Crippen molar-refractivity contribution >= 4 is 16.8 Å². The monoisotopic (exact) mass is 522 g/mol. The molecule has 0 bridgehead atoms. The summed E-state index contributed by atoms with van der Waals surface area (Å²) in [5.41, 5.74) is 9.80. The van der Waals surface area contributed by atoms with Gasteiger partial charge < -0.3 is 10.5 Å². The summed E-state index contributed by atoms with van der Waals surface area (Å²) in [5.74, 6) is 1.00. The molecule has 39 heavy (non-hydrogen) atoms. The number of aromatic nitrogens is 2. The Labute approximate surface area is 228 Å². The molecular weight excluding hydrogens is 488 g/mol. The highest BCUT2D eigenvalue weighted by Gasteiger charge is 2.32. The van der Waals surface area contributed by atoms with Gasteiger partial charge in [-0.1, -0.05) is 67.4 Å². The van der Waals surface area contributed by atoms with Gasteiger partial charge in [-0.25, -0.2) is 4.98 Å². The number of fused-ring (bicyclic) bond motifs is 2. The number of carbonyl (C=O) groups is 1. The number of benzene rings is 3. The zero-order valence-corrected chi connectivity index (χ0v) is 22.1. The summed E-state index contributed by atoms with van der Waals surface area (Å²) < 4.78 is 7.58. The summed E-state index contributed by atoms with van der Waals surface area (Å²) in [4.78, 5) is 33.8. The van der Waals surface area contributed by atoms with E-state index in [1.54, 1.807) is 6.07 Å². The lowest BCUT2D eigenvalue weighted by Gasteiger charge is -2.28. The first-order valence-electron chi connectivity index (χ1n) is 13.9. The maximum Gasteiger partial charge on any atom is 0.262 e. The first-order valence-corrected chi connectivity index (χ1v) is 13.9. The highest BCUT2D eigenvalue weighted by Crippen LogP contribution is 2.37. The van der Waals surface area contributed by atoms with Crippen molar-refractivity contribution in [1.82, 2.24) is 14.5 Å². The molecule has 1 amide bonds. The Bertz CT molecular complexity index is 1540. The summed E-state index contributed by atoms with van der Waals surface area (Å²) in [5, 5.41) is 0.432. The van der Waals surface area contributed by atoms with Gasteiger partial charge >= 0.3 is 0 Å². The van der Waals surface area contributed by atoms with Gasteiger partial charge in [-0.15, -0.1) is 0 Å². The first kappa shape index (κ1) is 25.3. The van der Waals surface area contributed by atoms with E-state index >= 15 is 0 Å². The molecule has 6 rings (SSSR count). The number of ether oxygens (including phenoxy) is 1. The lowest BCUT2D eigenvalue weighted by Crippen LogP contribution is -2.36. The minimum atomic E-state index is -0.739. The van der Waals surface area contributed by atoms with Crippen LogP contribution in [0.15, 0.2) is 77.6 Å². The van der Waals surface area contributed by atoms with E-state index in [9.17, 15) is 9.59 Å². The van der Waals surface area contributed by atoms with Gasteiger partial charge in [-0.3, -0.25) is 19.1 Å². The van der Waals surface area contributed by atoms with E-state index in [0.717, 1.165) is 50.9 Å². The smallest absolute Gasteiger partial charge is 0.262 e. The summed E-state index contributed by atoms with van der Waals surface area (Å²) in [6, 6.07) is 22.9. The van der Waals surface area contributed by atoms with Gasteiger partial charge in [0.2, 0.25) is 5.91 Å². The minimum Gasteiger partial charge on any atom is -0.494 e. The molecule has 7 heteroatoms. The Morgan fingerprint density at radius 3 is 2.56 bits per heavy atom. The van der Waals surface area contributed by atoms with Gasteiger partial charge in [0.15, 0.2) is 0 Å². The van der Waals surface area contributed by atoms with Crippen LogP contribution in [-0.2, 0) is 17.8 Å². The van der Waals surface area contributed by atoms with Crippen LogP contribution in [0, 0.1) is 5.92 Å².